The first-order valence-corrected chi connectivity index (χ1v) is 7.31. The first-order chi connectivity index (χ1) is 8.38. The third kappa shape index (κ3) is 2.83. The largest absolute Gasteiger partial charge is 0.361 e. The maximum absolute atomic E-state index is 4.64. The monoisotopic (exact) mass is 262 g/mol. The summed E-state index contributed by atoms with van der Waals surface area (Å²) in [5.74, 6) is 0.654. The third-order valence-electron chi connectivity index (χ3n) is 3.80. The Labute approximate surface area is 113 Å². The number of fused-ring (bicyclic) bond motifs is 1. The number of hydrogen-bond donors (Lipinski definition) is 1. The summed E-state index contributed by atoms with van der Waals surface area (Å²) in [5, 5.41) is 4.51. The molecule has 1 N–H and O–H groups in total. The second-order valence-electron chi connectivity index (χ2n) is 5.99. The van der Waals surface area contributed by atoms with Crippen LogP contribution in [0.5, 0.6) is 0 Å². The summed E-state index contributed by atoms with van der Waals surface area (Å²) in [6.45, 7) is 12.2. The van der Waals surface area contributed by atoms with E-state index < -0.39 is 0 Å². The zero-order valence-electron chi connectivity index (χ0n) is 11.9. The predicted octanol–water partition coefficient (Wildman–Crippen LogP) is 4.70. The van der Waals surface area contributed by atoms with E-state index in [-0.39, 0.29) is 5.41 Å². The van der Waals surface area contributed by atoms with Crippen molar-refractivity contribution in [2.24, 2.45) is 11.3 Å². The molecule has 0 saturated carbocycles. The number of aryl methyl sites for hydroxylation is 1. The number of rotatable bonds is 4. The molecular formula is C15H22N2S. The van der Waals surface area contributed by atoms with Crippen molar-refractivity contribution in [3.8, 4) is 0 Å². The number of nitrogens with one attached hydrogen (secondary N) is 1. The Balaban J connectivity index is 2.13. The third-order valence-corrected chi connectivity index (χ3v) is 4.80. The maximum atomic E-state index is 4.64. The van der Waals surface area contributed by atoms with Gasteiger partial charge < -0.3 is 5.32 Å². The van der Waals surface area contributed by atoms with Crippen LogP contribution in [0.3, 0.4) is 0 Å². The molecular weight excluding hydrogens is 240 g/mol. The van der Waals surface area contributed by atoms with Crippen LogP contribution in [-0.2, 0) is 0 Å². The van der Waals surface area contributed by atoms with Crippen LogP contribution in [0.15, 0.2) is 18.2 Å². The van der Waals surface area contributed by atoms with E-state index in [9.17, 15) is 0 Å². The SMILES string of the molecule is Cc1ccc2sc(NCC(C)(C)C(C)C)nc2c1. The van der Waals surface area contributed by atoms with Crippen LogP contribution in [0, 0.1) is 18.3 Å². The molecule has 0 fully saturated rings. The first kappa shape index (κ1) is 13.3. The van der Waals surface area contributed by atoms with Gasteiger partial charge in [0, 0.05) is 6.54 Å². The van der Waals surface area contributed by atoms with Crippen molar-refractivity contribution in [1.82, 2.24) is 4.98 Å². The van der Waals surface area contributed by atoms with Crippen LogP contribution >= 0.6 is 11.3 Å². The number of thiazole rings is 1. The molecule has 2 aromatic rings. The lowest BCUT2D eigenvalue weighted by Gasteiger charge is -2.29. The summed E-state index contributed by atoms with van der Waals surface area (Å²) in [7, 11) is 0. The van der Waals surface area contributed by atoms with Crippen molar-refractivity contribution in [1.29, 1.82) is 0 Å². The average molecular weight is 262 g/mol. The Hall–Kier alpha value is -1.09. The Morgan fingerprint density at radius 2 is 2.06 bits per heavy atom. The van der Waals surface area contributed by atoms with Gasteiger partial charge in [0.2, 0.25) is 0 Å². The van der Waals surface area contributed by atoms with Crippen LogP contribution in [0.1, 0.15) is 33.3 Å². The van der Waals surface area contributed by atoms with Gasteiger partial charge in [0.15, 0.2) is 5.13 Å². The summed E-state index contributed by atoms with van der Waals surface area (Å²) in [6.07, 6.45) is 0. The average Bonchev–Trinajstić information content (AvgIpc) is 2.68. The molecule has 0 amide bonds. The first-order valence-electron chi connectivity index (χ1n) is 6.49. The molecule has 0 spiro atoms. The van der Waals surface area contributed by atoms with Crippen molar-refractivity contribution < 1.29 is 0 Å². The minimum Gasteiger partial charge on any atom is -0.361 e. The molecule has 0 saturated heterocycles. The Kier molecular flexibility index (Phi) is 3.62. The number of nitrogens with zero attached hydrogens (tertiary/aromatic N) is 1. The molecule has 1 aromatic heterocycles. The van der Waals surface area contributed by atoms with Crippen LogP contribution in [0.25, 0.3) is 10.2 Å². The second-order valence-corrected chi connectivity index (χ2v) is 7.02. The highest BCUT2D eigenvalue weighted by atomic mass is 32.1. The zero-order valence-corrected chi connectivity index (χ0v) is 12.7. The molecule has 1 heterocycles. The van der Waals surface area contributed by atoms with E-state index in [1.165, 1.54) is 10.3 Å². The fourth-order valence-electron chi connectivity index (χ4n) is 1.62. The van der Waals surface area contributed by atoms with E-state index in [0.29, 0.717) is 5.92 Å². The van der Waals surface area contributed by atoms with Crippen molar-refractivity contribution in [3.63, 3.8) is 0 Å². The fourth-order valence-corrected chi connectivity index (χ4v) is 2.46. The van der Waals surface area contributed by atoms with Gasteiger partial charge in [0.05, 0.1) is 10.2 Å². The Morgan fingerprint density at radius 3 is 2.72 bits per heavy atom. The van der Waals surface area contributed by atoms with Gasteiger partial charge in [0.25, 0.3) is 0 Å². The number of hydrogen-bond acceptors (Lipinski definition) is 3. The molecule has 0 radical (unpaired) electrons. The number of aromatic nitrogens is 1. The van der Waals surface area contributed by atoms with Gasteiger partial charge in [0.1, 0.15) is 0 Å². The molecule has 3 heteroatoms. The molecule has 0 unspecified atom stereocenters. The van der Waals surface area contributed by atoms with Crippen molar-refractivity contribution in [2.75, 3.05) is 11.9 Å². The van der Waals surface area contributed by atoms with Gasteiger partial charge in [-0.05, 0) is 36.0 Å². The van der Waals surface area contributed by atoms with Crippen LogP contribution in [0.4, 0.5) is 5.13 Å². The van der Waals surface area contributed by atoms with Crippen molar-refractivity contribution >= 4 is 26.7 Å². The fraction of sp³-hybridized carbons (Fsp3) is 0.533. The molecule has 18 heavy (non-hydrogen) atoms. The van der Waals surface area contributed by atoms with Gasteiger partial charge in [-0.25, -0.2) is 4.98 Å². The van der Waals surface area contributed by atoms with Gasteiger partial charge in [-0.1, -0.05) is 45.1 Å². The highest BCUT2D eigenvalue weighted by Gasteiger charge is 2.22. The van der Waals surface area contributed by atoms with E-state index >= 15 is 0 Å². The summed E-state index contributed by atoms with van der Waals surface area (Å²) in [4.78, 5) is 4.64. The quantitative estimate of drug-likeness (QED) is 0.864. The van der Waals surface area contributed by atoms with E-state index in [1.807, 2.05) is 0 Å². The summed E-state index contributed by atoms with van der Waals surface area (Å²) in [5.41, 5.74) is 2.65. The molecule has 0 aliphatic heterocycles. The van der Waals surface area contributed by atoms with Crippen molar-refractivity contribution in [2.45, 2.75) is 34.6 Å². The standard InChI is InChI=1S/C15H22N2S/c1-10(2)15(4,5)9-16-14-17-12-8-11(3)6-7-13(12)18-14/h6-8,10H,9H2,1-5H3,(H,16,17). The van der Waals surface area contributed by atoms with E-state index in [2.05, 4.69) is 63.1 Å². The molecule has 2 rings (SSSR count). The summed E-state index contributed by atoms with van der Waals surface area (Å²) in [6, 6.07) is 6.44. The Bertz CT molecular complexity index is 540. The smallest absolute Gasteiger partial charge is 0.183 e. The molecule has 0 aliphatic rings. The molecule has 0 aliphatic carbocycles. The summed E-state index contributed by atoms with van der Waals surface area (Å²) >= 11 is 1.74. The zero-order chi connectivity index (χ0) is 13.3. The van der Waals surface area contributed by atoms with Crippen LogP contribution < -0.4 is 5.32 Å². The predicted molar refractivity (Wildman–Crippen MR) is 81.5 cm³/mol. The van der Waals surface area contributed by atoms with E-state index in [1.54, 1.807) is 11.3 Å². The van der Waals surface area contributed by atoms with Crippen LogP contribution in [-0.4, -0.2) is 11.5 Å². The van der Waals surface area contributed by atoms with Gasteiger partial charge in [-0.3, -0.25) is 0 Å². The molecule has 0 atom stereocenters. The second kappa shape index (κ2) is 4.88. The highest BCUT2D eigenvalue weighted by molar-refractivity contribution is 7.22. The number of anilines is 1. The topological polar surface area (TPSA) is 24.9 Å². The normalized spacial score (nSPS) is 12.3. The lowest BCUT2D eigenvalue weighted by Crippen LogP contribution is -2.28. The van der Waals surface area contributed by atoms with Crippen molar-refractivity contribution in [3.05, 3.63) is 23.8 Å². The lowest BCUT2D eigenvalue weighted by atomic mass is 9.81. The van der Waals surface area contributed by atoms with Gasteiger partial charge in [-0.2, -0.15) is 0 Å². The van der Waals surface area contributed by atoms with Gasteiger partial charge in [-0.15, -0.1) is 0 Å². The molecule has 0 bridgehead atoms. The highest BCUT2D eigenvalue weighted by Crippen LogP contribution is 2.30. The van der Waals surface area contributed by atoms with E-state index in [4.69, 9.17) is 0 Å². The minimum absolute atomic E-state index is 0.285. The lowest BCUT2D eigenvalue weighted by molar-refractivity contribution is 0.269. The molecule has 98 valence electrons. The molecule has 1 aromatic carbocycles. The van der Waals surface area contributed by atoms with E-state index in [0.717, 1.165) is 17.2 Å². The van der Waals surface area contributed by atoms with Crippen LogP contribution in [0.2, 0.25) is 0 Å². The maximum Gasteiger partial charge on any atom is 0.183 e. The number of benzene rings is 1. The molecule has 2 nitrogen and oxygen atoms in total. The summed E-state index contributed by atoms with van der Waals surface area (Å²) < 4.78 is 1.26. The minimum atomic E-state index is 0.285. The van der Waals surface area contributed by atoms with Gasteiger partial charge >= 0.3 is 0 Å². The Morgan fingerprint density at radius 1 is 1.33 bits per heavy atom.